The summed E-state index contributed by atoms with van der Waals surface area (Å²) in [6, 6.07) is 7.57. The molecular weight excluding hydrogens is 408 g/mol. The van der Waals surface area contributed by atoms with Gasteiger partial charge in [-0.2, -0.15) is 4.31 Å². The van der Waals surface area contributed by atoms with Crippen LogP contribution in [0.4, 0.5) is 0 Å². The first kappa shape index (κ1) is 24.4. The average molecular weight is 449 g/mol. The topological polar surface area (TPSA) is 57.7 Å². The highest BCUT2D eigenvalue weighted by Gasteiger charge is 2.42. The largest absolute Gasteiger partial charge is 0.306 e. The number of hydrogen-bond donors (Lipinski definition) is 0. The lowest BCUT2D eigenvalue weighted by molar-refractivity contribution is -0.111. The van der Waals surface area contributed by atoms with E-state index >= 15 is 0 Å². The number of likely N-dealkylation sites (tertiary alicyclic amines) is 1. The van der Waals surface area contributed by atoms with Crippen molar-refractivity contribution in [1.29, 1.82) is 0 Å². The first-order valence-electron chi connectivity index (χ1n) is 12.1. The van der Waals surface area contributed by atoms with Crippen LogP contribution in [0.15, 0.2) is 29.2 Å². The smallest absolute Gasteiger partial charge is 0.243 e. The van der Waals surface area contributed by atoms with Gasteiger partial charge in [-0.3, -0.25) is 0 Å². The van der Waals surface area contributed by atoms with E-state index in [1.54, 1.807) is 12.1 Å². The average Bonchev–Trinajstić information content (AvgIpc) is 3.58. The molecule has 2 fully saturated rings. The molecule has 174 valence electrons. The molecule has 0 N–H and O–H groups in total. The number of benzene rings is 1. The molecule has 3 rings (SSSR count). The zero-order chi connectivity index (χ0) is 22.4. The Morgan fingerprint density at radius 2 is 1.77 bits per heavy atom. The maximum atomic E-state index is 13.6. The highest BCUT2D eigenvalue weighted by Crippen LogP contribution is 2.36. The molecular formula is C25H40N2O3S. The van der Waals surface area contributed by atoms with Gasteiger partial charge in [0.05, 0.1) is 4.90 Å². The Balaban J connectivity index is 1.71. The summed E-state index contributed by atoms with van der Waals surface area (Å²) in [5.41, 5.74) is 1.04. The van der Waals surface area contributed by atoms with Gasteiger partial charge in [-0.1, -0.05) is 38.8 Å². The lowest BCUT2D eigenvalue weighted by Gasteiger charge is -2.30. The van der Waals surface area contributed by atoms with Gasteiger partial charge in [0, 0.05) is 18.0 Å². The predicted molar refractivity (Wildman–Crippen MR) is 126 cm³/mol. The van der Waals surface area contributed by atoms with Crippen molar-refractivity contribution in [2.45, 2.75) is 88.6 Å². The number of rotatable bonds is 11. The van der Waals surface area contributed by atoms with E-state index in [0.717, 1.165) is 76.3 Å². The maximum absolute atomic E-state index is 13.6. The Hall–Kier alpha value is -1.24. The molecule has 1 saturated heterocycles. The molecule has 1 aliphatic carbocycles. The molecule has 1 aromatic rings. The molecule has 2 aliphatic rings. The summed E-state index contributed by atoms with van der Waals surface area (Å²) in [7, 11) is -1.39. The van der Waals surface area contributed by atoms with Crippen molar-refractivity contribution in [3.63, 3.8) is 0 Å². The van der Waals surface area contributed by atoms with Crippen molar-refractivity contribution in [2.75, 3.05) is 20.1 Å². The van der Waals surface area contributed by atoms with Crippen LogP contribution in [0.5, 0.6) is 0 Å². The molecule has 1 aliphatic heterocycles. The standard InChI is InChI=1S/C25H40N2O3S/c1-4-6-20(2)17-22(19-28)18-21-8-12-25(13-9-21)31(29,30)27(24-10-11-24)23-7-5-15-26(3)16-14-23/h8-9,12-13,19-20,22-24H,4-7,10-11,14-18H2,1-3H3. The van der Waals surface area contributed by atoms with Crippen molar-refractivity contribution in [3.8, 4) is 0 Å². The molecule has 1 heterocycles. The van der Waals surface area contributed by atoms with Crippen molar-refractivity contribution in [1.82, 2.24) is 9.21 Å². The molecule has 1 aromatic carbocycles. The van der Waals surface area contributed by atoms with Crippen LogP contribution < -0.4 is 0 Å². The van der Waals surface area contributed by atoms with Crippen molar-refractivity contribution in [2.24, 2.45) is 11.8 Å². The van der Waals surface area contributed by atoms with E-state index < -0.39 is 10.0 Å². The second-order valence-electron chi connectivity index (χ2n) is 9.83. The molecule has 0 aromatic heterocycles. The number of nitrogens with zero attached hydrogens (tertiary/aromatic N) is 2. The van der Waals surface area contributed by atoms with E-state index in [-0.39, 0.29) is 18.0 Å². The molecule has 0 spiro atoms. The number of hydrogen-bond acceptors (Lipinski definition) is 4. The maximum Gasteiger partial charge on any atom is 0.243 e. The van der Waals surface area contributed by atoms with Gasteiger partial charge in [0.15, 0.2) is 0 Å². The summed E-state index contributed by atoms with van der Waals surface area (Å²) in [5.74, 6) is 0.528. The summed E-state index contributed by atoms with van der Waals surface area (Å²) in [6.45, 7) is 6.36. The lowest BCUT2D eigenvalue weighted by Crippen LogP contribution is -2.42. The number of carbonyl (C=O) groups is 1. The summed E-state index contributed by atoms with van der Waals surface area (Å²) in [4.78, 5) is 14.3. The Morgan fingerprint density at radius 3 is 2.39 bits per heavy atom. The van der Waals surface area contributed by atoms with E-state index in [1.165, 1.54) is 0 Å². The monoisotopic (exact) mass is 448 g/mol. The minimum atomic E-state index is -3.50. The second kappa shape index (κ2) is 11.1. The fourth-order valence-corrected chi connectivity index (χ4v) is 6.96. The van der Waals surface area contributed by atoms with Crippen molar-refractivity contribution < 1.29 is 13.2 Å². The lowest BCUT2D eigenvalue weighted by atomic mass is 9.89. The van der Waals surface area contributed by atoms with E-state index in [4.69, 9.17) is 0 Å². The summed E-state index contributed by atoms with van der Waals surface area (Å²) in [5, 5.41) is 0. The van der Waals surface area contributed by atoms with Crippen LogP contribution in [0.3, 0.4) is 0 Å². The van der Waals surface area contributed by atoms with Crippen LogP contribution in [-0.4, -0.2) is 56.1 Å². The SMILES string of the molecule is CCCC(C)CC(C=O)Cc1ccc(S(=O)(=O)N(C2CC2)C2CCCN(C)CC2)cc1. The Bertz CT molecular complexity index is 805. The van der Waals surface area contributed by atoms with Crippen LogP contribution in [0.1, 0.15) is 70.8 Å². The second-order valence-corrected chi connectivity index (χ2v) is 11.7. The Labute approximate surface area is 189 Å². The Morgan fingerprint density at radius 1 is 1.10 bits per heavy atom. The van der Waals surface area contributed by atoms with E-state index in [0.29, 0.717) is 17.2 Å². The van der Waals surface area contributed by atoms with Crippen LogP contribution >= 0.6 is 0 Å². The molecule has 3 unspecified atom stereocenters. The minimum absolute atomic E-state index is 0.00468. The molecule has 1 saturated carbocycles. The molecule has 31 heavy (non-hydrogen) atoms. The number of sulfonamides is 1. The highest BCUT2D eigenvalue weighted by molar-refractivity contribution is 7.89. The molecule has 5 nitrogen and oxygen atoms in total. The quantitative estimate of drug-likeness (QED) is 0.468. The molecule has 6 heteroatoms. The zero-order valence-electron chi connectivity index (χ0n) is 19.5. The van der Waals surface area contributed by atoms with Gasteiger partial charge in [0.1, 0.15) is 6.29 Å². The number of aldehydes is 1. The van der Waals surface area contributed by atoms with Crippen molar-refractivity contribution >= 4 is 16.3 Å². The van der Waals surface area contributed by atoms with Gasteiger partial charge in [0.2, 0.25) is 10.0 Å². The van der Waals surface area contributed by atoms with Crippen molar-refractivity contribution in [3.05, 3.63) is 29.8 Å². The van der Waals surface area contributed by atoms with E-state index in [9.17, 15) is 13.2 Å². The third-order valence-electron chi connectivity index (χ3n) is 6.86. The van der Waals surface area contributed by atoms with E-state index in [2.05, 4.69) is 25.8 Å². The summed E-state index contributed by atoms with van der Waals surface area (Å²) >= 11 is 0. The first-order chi connectivity index (χ1) is 14.8. The van der Waals surface area contributed by atoms with Gasteiger partial charge < -0.3 is 9.69 Å². The Kier molecular flexibility index (Phi) is 8.71. The normalized spacial score (nSPS) is 22.8. The van der Waals surface area contributed by atoms with E-state index in [1.807, 2.05) is 16.4 Å². The van der Waals surface area contributed by atoms with Gasteiger partial charge in [0.25, 0.3) is 0 Å². The van der Waals surface area contributed by atoms with Gasteiger partial charge >= 0.3 is 0 Å². The first-order valence-corrected chi connectivity index (χ1v) is 13.6. The minimum Gasteiger partial charge on any atom is -0.306 e. The van der Waals surface area contributed by atoms with Crippen LogP contribution in [0, 0.1) is 11.8 Å². The summed E-state index contributed by atoms with van der Waals surface area (Å²) < 4.78 is 29.0. The highest BCUT2D eigenvalue weighted by atomic mass is 32.2. The third-order valence-corrected chi connectivity index (χ3v) is 8.88. The molecule has 0 amide bonds. The summed E-state index contributed by atoms with van der Waals surface area (Å²) in [6.07, 6.45) is 9.74. The van der Waals surface area contributed by atoms with Crippen LogP contribution in [0.2, 0.25) is 0 Å². The predicted octanol–water partition coefficient (Wildman–Crippen LogP) is 4.51. The zero-order valence-corrected chi connectivity index (χ0v) is 20.3. The van der Waals surface area contributed by atoms with Gasteiger partial charge in [-0.15, -0.1) is 0 Å². The van der Waals surface area contributed by atoms with Crippen LogP contribution in [0.25, 0.3) is 0 Å². The molecule has 0 bridgehead atoms. The van der Waals surface area contributed by atoms with Gasteiger partial charge in [-0.05, 0) is 88.7 Å². The molecule has 3 atom stereocenters. The number of carbonyl (C=O) groups excluding carboxylic acids is 1. The van der Waals surface area contributed by atoms with Gasteiger partial charge in [-0.25, -0.2) is 8.42 Å². The fourth-order valence-electron chi connectivity index (χ4n) is 5.03. The fraction of sp³-hybridized carbons (Fsp3) is 0.720. The third kappa shape index (κ3) is 6.62. The van der Waals surface area contributed by atoms with Crippen LogP contribution in [-0.2, 0) is 21.2 Å². The molecule has 0 radical (unpaired) electrons.